The molecule has 5 rings (SSSR count). The number of carbonyl (C=O) groups is 2. The second-order valence-corrected chi connectivity index (χ2v) is 12.7. The van der Waals surface area contributed by atoms with Gasteiger partial charge in [0.25, 0.3) is 0 Å². The molecule has 10 heteroatoms. The van der Waals surface area contributed by atoms with Crippen LogP contribution in [-0.2, 0) is 15.1 Å². The predicted octanol–water partition coefficient (Wildman–Crippen LogP) is 7.30. The van der Waals surface area contributed by atoms with Crippen molar-refractivity contribution in [1.82, 2.24) is 10.6 Å². The first-order valence-electron chi connectivity index (χ1n) is 14.3. The lowest BCUT2D eigenvalue weighted by molar-refractivity contribution is -0.161. The third-order valence-corrected chi connectivity index (χ3v) is 8.06. The molecule has 0 spiro atoms. The maximum Gasteiger partial charge on any atom is 0.407 e. The first-order chi connectivity index (χ1) is 20.5. The summed E-state index contributed by atoms with van der Waals surface area (Å²) in [5.74, 6) is -1.21. The smallest absolute Gasteiger partial charge is 0.407 e. The van der Waals surface area contributed by atoms with E-state index in [0.717, 1.165) is 22.3 Å². The van der Waals surface area contributed by atoms with Crippen molar-refractivity contribution in [3.05, 3.63) is 83.4 Å². The molecule has 0 radical (unpaired) electrons. The van der Waals surface area contributed by atoms with Gasteiger partial charge in [-0.25, -0.2) is 9.18 Å². The van der Waals surface area contributed by atoms with E-state index in [9.17, 15) is 32.4 Å². The fraction of sp³-hybridized carbons (Fsp3) is 0.382. The summed E-state index contributed by atoms with van der Waals surface area (Å²) in [6.07, 6.45) is -4.51. The number of hydrogen-bond donors (Lipinski definition) is 2. The van der Waals surface area contributed by atoms with E-state index in [1.807, 2.05) is 56.3 Å². The van der Waals surface area contributed by atoms with Crippen LogP contribution in [0.5, 0.6) is 0 Å². The summed E-state index contributed by atoms with van der Waals surface area (Å²) < 4.78 is 62.9. The first-order valence-corrected chi connectivity index (χ1v) is 14.3. The SMILES string of the molecule is CC(C)(F)C[C@H](N[C@@H](c1ccc(-c2ccc(-c3ccc4c(c3)C(=O)OC4(C)C)cc2)cc1)C(F)(F)F)C(=O)NC1(C#N)CC1. The number of halogens is 4. The number of carbonyl (C=O) groups excluding carboxylic acids is 2. The number of hydrogen-bond acceptors (Lipinski definition) is 5. The molecule has 1 aliphatic heterocycles. The zero-order valence-electron chi connectivity index (χ0n) is 24.8. The molecule has 6 nitrogen and oxygen atoms in total. The van der Waals surface area contributed by atoms with Gasteiger partial charge in [-0.3, -0.25) is 10.1 Å². The van der Waals surface area contributed by atoms with Crippen molar-refractivity contribution in [3.8, 4) is 28.3 Å². The maximum atomic E-state index is 14.6. The number of ether oxygens (including phenoxy) is 1. The highest BCUT2D eigenvalue weighted by atomic mass is 19.4. The lowest BCUT2D eigenvalue weighted by Crippen LogP contribution is -2.53. The zero-order chi connectivity index (χ0) is 32.1. The number of nitrogens with one attached hydrogen (secondary N) is 2. The van der Waals surface area contributed by atoms with Gasteiger partial charge in [-0.1, -0.05) is 60.7 Å². The van der Waals surface area contributed by atoms with Crippen LogP contribution >= 0.6 is 0 Å². The van der Waals surface area contributed by atoms with Crippen molar-refractivity contribution in [2.45, 2.75) is 82.0 Å². The molecule has 2 aliphatic rings. The fourth-order valence-corrected chi connectivity index (χ4v) is 5.49. The summed E-state index contributed by atoms with van der Waals surface area (Å²) in [4.78, 5) is 25.2. The normalized spacial score (nSPS) is 18.0. The molecule has 0 aromatic heterocycles. The van der Waals surface area contributed by atoms with E-state index in [-0.39, 0.29) is 11.5 Å². The number of alkyl halides is 4. The van der Waals surface area contributed by atoms with Crippen LogP contribution in [0.15, 0.2) is 66.7 Å². The molecular weight excluding hydrogens is 574 g/mol. The van der Waals surface area contributed by atoms with E-state index in [0.29, 0.717) is 24.0 Å². The third kappa shape index (κ3) is 6.63. The highest BCUT2D eigenvalue weighted by Crippen LogP contribution is 2.39. The number of nitriles is 1. The summed E-state index contributed by atoms with van der Waals surface area (Å²) in [6, 6.07) is 17.0. The van der Waals surface area contributed by atoms with E-state index in [2.05, 4.69) is 10.6 Å². The predicted molar refractivity (Wildman–Crippen MR) is 157 cm³/mol. The van der Waals surface area contributed by atoms with E-state index in [1.54, 1.807) is 18.2 Å². The molecule has 2 atom stereocenters. The van der Waals surface area contributed by atoms with Crippen LogP contribution in [0.2, 0.25) is 0 Å². The van der Waals surface area contributed by atoms with Crippen LogP contribution in [0.25, 0.3) is 22.3 Å². The molecule has 1 aliphatic carbocycles. The Balaban J connectivity index is 1.35. The van der Waals surface area contributed by atoms with E-state index >= 15 is 0 Å². The van der Waals surface area contributed by atoms with Crippen LogP contribution in [0.1, 0.15) is 74.5 Å². The minimum atomic E-state index is -4.79. The van der Waals surface area contributed by atoms with Crippen molar-refractivity contribution in [3.63, 3.8) is 0 Å². The Bertz CT molecular complexity index is 1610. The largest absolute Gasteiger partial charge is 0.451 e. The lowest BCUT2D eigenvalue weighted by Gasteiger charge is -2.30. The molecule has 230 valence electrons. The van der Waals surface area contributed by atoms with Gasteiger partial charge in [0.15, 0.2) is 0 Å². The van der Waals surface area contributed by atoms with Crippen molar-refractivity contribution >= 4 is 11.9 Å². The molecule has 1 fully saturated rings. The summed E-state index contributed by atoms with van der Waals surface area (Å²) in [6.45, 7) is 6.05. The number of cyclic esters (lactones) is 1. The number of rotatable bonds is 9. The van der Waals surface area contributed by atoms with Gasteiger partial charge in [-0.2, -0.15) is 18.4 Å². The van der Waals surface area contributed by atoms with Crippen LogP contribution in [-0.4, -0.2) is 35.3 Å². The minimum Gasteiger partial charge on any atom is -0.451 e. The number of fused-ring (bicyclic) bond motifs is 1. The van der Waals surface area contributed by atoms with Crippen molar-refractivity contribution in [2.75, 3.05) is 0 Å². The maximum absolute atomic E-state index is 14.6. The zero-order valence-corrected chi connectivity index (χ0v) is 24.8. The molecule has 0 bridgehead atoms. The fourth-order valence-electron chi connectivity index (χ4n) is 5.49. The molecular formula is C34H33F4N3O3. The molecule has 2 N–H and O–H groups in total. The molecule has 0 unspecified atom stereocenters. The molecule has 3 aromatic carbocycles. The van der Waals surface area contributed by atoms with Crippen LogP contribution < -0.4 is 10.6 Å². The van der Waals surface area contributed by atoms with Gasteiger partial charge in [-0.05, 0) is 74.4 Å². The second-order valence-electron chi connectivity index (χ2n) is 12.7. The number of nitrogens with zero attached hydrogens (tertiary/aromatic N) is 1. The Labute approximate surface area is 253 Å². The van der Waals surface area contributed by atoms with Gasteiger partial charge >= 0.3 is 12.1 Å². The standard InChI is InChI=1S/C34H33F4N3O3/c1-31(2,35)18-27(29(42)41-33(19-39)15-16-33)40-28(34(36,37)38)23-11-9-21(10-12-23)20-5-7-22(8-6-20)24-13-14-26-25(17-24)30(43)44-32(26,3)4/h5-14,17,27-28,40H,15-16,18H2,1-4H3,(H,41,42)/t27-,28-/m0/s1. The highest BCUT2D eigenvalue weighted by molar-refractivity contribution is 5.96. The molecule has 0 saturated heterocycles. The Hall–Kier alpha value is -4.23. The monoisotopic (exact) mass is 607 g/mol. The van der Waals surface area contributed by atoms with E-state index in [4.69, 9.17) is 4.74 Å². The second kappa shape index (κ2) is 11.0. The topological polar surface area (TPSA) is 91.2 Å². The van der Waals surface area contributed by atoms with E-state index in [1.165, 1.54) is 26.0 Å². The number of amides is 1. The van der Waals surface area contributed by atoms with Gasteiger partial charge in [0.1, 0.15) is 22.9 Å². The molecule has 3 aromatic rings. The highest BCUT2D eigenvalue weighted by Gasteiger charge is 2.48. The van der Waals surface area contributed by atoms with Gasteiger partial charge < -0.3 is 10.1 Å². The minimum absolute atomic E-state index is 0.137. The van der Waals surface area contributed by atoms with Crippen molar-refractivity contribution < 1.29 is 31.9 Å². The van der Waals surface area contributed by atoms with Gasteiger partial charge in [0.05, 0.1) is 17.7 Å². The van der Waals surface area contributed by atoms with Crippen molar-refractivity contribution in [1.29, 1.82) is 5.26 Å². The summed E-state index contributed by atoms with van der Waals surface area (Å²) in [7, 11) is 0. The quantitative estimate of drug-likeness (QED) is 0.197. The van der Waals surface area contributed by atoms with Gasteiger partial charge in [0, 0.05) is 12.0 Å². The summed E-state index contributed by atoms with van der Waals surface area (Å²) >= 11 is 0. The molecule has 1 heterocycles. The summed E-state index contributed by atoms with van der Waals surface area (Å²) in [5, 5.41) is 14.1. The summed E-state index contributed by atoms with van der Waals surface area (Å²) in [5.41, 5.74) is 0.599. The van der Waals surface area contributed by atoms with Crippen LogP contribution in [0.3, 0.4) is 0 Å². The Morgan fingerprint density at radius 3 is 1.95 bits per heavy atom. The first kappa shape index (κ1) is 31.2. The number of benzene rings is 3. The number of esters is 1. The average Bonchev–Trinajstić information content (AvgIpc) is 3.68. The van der Waals surface area contributed by atoms with Gasteiger partial charge in [-0.15, -0.1) is 0 Å². The van der Waals surface area contributed by atoms with Crippen LogP contribution in [0, 0.1) is 11.3 Å². The van der Waals surface area contributed by atoms with Crippen molar-refractivity contribution in [2.24, 2.45) is 0 Å². The van der Waals surface area contributed by atoms with Gasteiger partial charge in [0.2, 0.25) is 5.91 Å². The average molecular weight is 608 g/mol. The Morgan fingerprint density at radius 1 is 0.932 bits per heavy atom. The third-order valence-electron chi connectivity index (χ3n) is 8.06. The molecule has 1 saturated carbocycles. The van der Waals surface area contributed by atoms with Crippen LogP contribution in [0.4, 0.5) is 17.6 Å². The van der Waals surface area contributed by atoms with E-state index < -0.39 is 47.4 Å². The Kier molecular flexibility index (Phi) is 7.83. The Morgan fingerprint density at radius 2 is 1.45 bits per heavy atom. The molecule has 1 amide bonds. The molecule has 44 heavy (non-hydrogen) atoms. The lowest BCUT2D eigenvalue weighted by atomic mass is 9.92.